The van der Waals surface area contributed by atoms with Gasteiger partial charge in [0.2, 0.25) is 0 Å². The van der Waals surface area contributed by atoms with Gasteiger partial charge in [0.15, 0.2) is 6.17 Å². The van der Waals surface area contributed by atoms with Crippen molar-refractivity contribution in [2.45, 2.75) is 31.5 Å². The molecule has 0 aliphatic carbocycles. The van der Waals surface area contributed by atoms with E-state index in [0.29, 0.717) is 31.5 Å². The maximum Gasteiger partial charge on any atom is 0.357 e. The Hall–Kier alpha value is -3.53. The minimum absolute atomic E-state index is 0.0302. The van der Waals surface area contributed by atoms with Gasteiger partial charge in [-0.1, -0.05) is 17.7 Å². The van der Waals surface area contributed by atoms with Gasteiger partial charge in [-0.15, -0.1) is 0 Å². The van der Waals surface area contributed by atoms with Crippen molar-refractivity contribution in [3.8, 4) is 0 Å². The first-order valence-corrected chi connectivity index (χ1v) is 10.0. The van der Waals surface area contributed by atoms with Gasteiger partial charge in [0.05, 0.1) is 11.4 Å². The average Bonchev–Trinajstić information content (AvgIpc) is 2.97. The molecule has 2 aromatic heterocycles. The van der Waals surface area contributed by atoms with Gasteiger partial charge in [-0.3, -0.25) is 9.69 Å². The van der Waals surface area contributed by atoms with Crippen LogP contribution in [-0.2, 0) is 9.53 Å². The molecule has 1 saturated heterocycles. The lowest BCUT2D eigenvalue weighted by Crippen LogP contribution is -2.61. The summed E-state index contributed by atoms with van der Waals surface area (Å²) in [6, 6.07) is 5.38. The predicted molar refractivity (Wildman–Crippen MR) is 109 cm³/mol. The number of urea groups is 1. The molecule has 31 heavy (non-hydrogen) atoms. The first-order chi connectivity index (χ1) is 15.0. The zero-order valence-corrected chi connectivity index (χ0v) is 17.1. The topological polar surface area (TPSA) is 132 Å². The molecule has 2 N–H and O–H groups in total. The van der Waals surface area contributed by atoms with Crippen LogP contribution in [0.15, 0.2) is 42.9 Å². The molecule has 4 heterocycles. The fourth-order valence-electron chi connectivity index (χ4n) is 3.80. The van der Waals surface area contributed by atoms with Crippen molar-refractivity contribution in [2.75, 3.05) is 6.54 Å². The molecule has 0 aromatic carbocycles. The van der Waals surface area contributed by atoms with Crippen LogP contribution < -0.4 is 5.73 Å². The summed E-state index contributed by atoms with van der Waals surface area (Å²) in [5.74, 6) is -1.02. The second kappa shape index (κ2) is 8.68. The normalized spacial score (nSPS) is 21.1. The second-order valence-electron chi connectivity index (χ2n) is 7.06. The number of nitrogens with two attached hydrogens (primary N) is 1. The fraction of sp³-hybridized carbons (Fsp3) is 0.300. The minimum atomic E-state index is -0.911. The van der Waals surface area contributed by atoms with E-state index in [1.54, 1.807) is 18.2 Å². The third kappa shape index (κ3) is 4.19. The molecule has 2 aliphatic rings. The predicted octanol–water partition coefficient (Wildman–Crippen LogP) is 1.82. The van der Waals surface area contributed by atoms with Crippen LogP contribution in [0.5, 0.6) is 0 Å². The van der Waals surface area contributed by atoms with E-state index in [0.717, 1.165) is 0 Å². The van der Waals surface area contributed by atoms with Crippen LogP contribution in [0.25, 0.3) is 5.70 Å². The molecule has 2 atom stereocenters. The van der Waals surface area contributed by atoms with E-state index in [1.807, 2.05) is 0 Å². The van der Waals surface area contributed by atoms with Gasteiger partial charge in [0.25, 0.3) is 5.91 Å². The molecule has 3 amide bonds. The third-order valence-electron chi connectivity index (χ3n) is 5.12. The van der Waals surface area contributed by atoms with Gasteiger partial charge in [0, 0.05) is 18.8 Å². The Morgan fingerprint density at radius 2 is 2.06 bits per heavy atom. The van der Waals surface area contributed by atoms with Crippen LogP contribution >= 0.6 is 11.6 Å². The van der Waals surface area contributed by atoms with E-state index in [9.17, 15) is 14.4 Å². The Bertz CT molecular complexity index is 1050. The van der Waals surface area contributed by atoms with Gasteiger partial charge in [-0.05, 0) is 37.5 Å². The molecule has 2 aliphatic heterocycles. The number of aromatic nitrogens is 3. The summed E-state index contributed by atoms with van der Waals surface area (Å²) in [7, 11) is 0. The molecule has 11 heteroatoms. The number of amides is 3. The monoisotopic (exact) mass is 442 g/mol. The second-order valence-corrected chi connectivity index (χ2v) is 7.45. The van der Waals surface area contributed by atoms with E-state index in [1.165, 1.54) is 34.5 Å². The van der Waals surface area contributed by atoms with Gasteiger partial charge in [0.1, 0.15) is 23.3 Å². The standard InChI is InChI=1S/C20H19ClN6O4/c21-16-6-3-4-13(25-16)19(29)31-15-5-1-2-9-26-17(28)10-14(12-7-8-23-11-24-12)27(18(15)26)20(22)30/h3-4,6-8,10-11,15,18H,1-2,5,9H2,(H2,22,30). The average molecular weight is 443 g/mol. The van der Waals surface area contributed by atoms with E-state index >= 15 is 0 Å². The van der Waals surface area contributed by atoms with Crippen molar-refractivity contribution in [3.05, 3.63) is 59.4 Å². The molecule has 0 spiro atoms. The summed E-state index contributed by atoms with van der Waals surface area (Å²) in [4.78, 5) is 52.9. The van der Waals surface area contributed by atoms with Crippen molar-refractivity contribution >= 4 is 35.2 Å². The molecular formula is C20H19ClN6O4. The summed E-state index contributed by atoms with van der Waals surface area (Å²) in [5, 5.41) is 0.150. The van der Waals surface area contributed by atoms with Crippen molar-refractivity contribution < 1.29 is 19.1 Å². The van der Waals surface area contributed by atoms with Crippen molar-refractivity contribution in [1.82, 2.24) is 24.8 Å². The number of rotatable bonds is 3. The first kappa shape index (κ1) is 20.7. The lowest BCUT2D eigenvalue weighted by Gasteiger charge is -2.44. The Balaban J connectivity index is 1.72. The number of ether oxygens (including phenoxy) is 1. The smallest absolute Gasteiger partial charge is 0.357 e. The fourth-order valence-corrected chi connectivity index (χ4v) is 3.96. The molecule has 2 aromatic rings. The highest BCUT2D eigenvalue weighted by Crippen LogP contribution is 2.33. The van der Waals surface area contributed by atoms with Gasteiger partial charge in [-0.2, -0.15) is 0 Å². The Kier molecular flexibility index (Phi) is 5.81. The van der Waals surface area contributed by atoms with Crippen LogP contribution in [0.1, 0.15) is 35.4 Å². The minimum Gasteiger partial charge on any atom is -0.453 e. The summed E-state index contributed by atoms with van der Waals surface area (Å²) in [6.07, 6.45) is 4.19. The molecule has 0 radical (unpaired) electrons. The number of pyridine rings is 1. The van der Waals surface area contributed by atoms with Crippen LogP contribution in [-0.4, -0.2) is 61.5 Å². The molecule has 1 fully saturated rings. The molecule has 160 valence electrons. The number of carbonyl (C=O) groups is 3. The van der Waals surface area contributed by atoms with E-state index < -0.39 is 24.3 Å². The molecule has 4 rings (SSSR count). The number of hydrogen-bond acceptors (Lipinski definition) is 7. The van der Waals surface area contributed by atoms with E-state index in [-0.39, 0.29) is 22.5 Å². The van der Waals surface area contributed by atoms with Crippen molar-refractivity contribution in [3.63, 3.8) is 0 Å². The third-order valence-corrected chi connectivity index (χ3v) is 5.33. The largest absolute Gasteiger partial charge is 0.453 e. The molecule has 0 bridgehead atoms. The van der Waals surface area contributed by atoms with Gasteiger partial charge >= 0.3 is 12.0 Å². The zero-order chi connectivity index (χ0) is 22.0. The maximum atomic E-state index is 12.9. The quantitative estimate of drug-likeness (QED) is 0.566. The van der Waals surface area contributed by atoms with Crippen LogP contribution in [0.4, 0.5) is 4.79 Å². The highest BCUT2D eigenvalue weighted by molar-refractivity contribution is 6.29. The Morgan fingerprint density at radius 3 is 2.77 bits per heavy atom. The number of primary amides is 1. The lowest BCUT2D eigenvalue weighted by molar-refractivity contribution is -0.135. The Morgan fingerprint density at radius 1 is 1.23 bits per heavy atom. The highest BCUT2D eigenvalue weighted by atomic mass is 35.5. The highest BCUT2D eigenvalue weighted by Gasteiger charge is 2.45. The molecule has 10 nitrogen and oxygen atoms in total. The summed E-state index contributed by atoms with van der Waals surface area (Å²) >= 11 is 5.88. The van der Waals surface area contributed by atoms with Gasteiger partial charge in [-0.25, -0.2) is 24.5 Å². The first-order valence-electron chi connectivity index (χ1n) is 9.66. The lowest BCUT2D eigenvalue weighted by atomic mass is 10.1. The number of esters is 1. The van der Waals surface area contributed by atoms with E-state index in [4.69, 9.17) is 22.1 Å². The number of hydrogen-bond donors (Lipinski definition) is 1. The number of fused-ring (bicyclic) bond motifs is 1. The van der Waals surface area contributed by atoms with E-state index in [2.05, 4.69) is 15.0 Å². The van der Waals surface area contributed by atoms with Crippen molar-refractivity contribution in [1.29, 1.82) is 0 Å². The summed E-state index contributed by atoms with van der Waals surface area (Å²) < 4.78 is 5.73. The molecule has 0 saturated carbocycles. The summed E-state index contributed by atoms with van der Waals surface area (Å²) in [6.45, 7) is 0.393. The van der Waals surface area contributed by atoms with Gasteiger partial charge < -0.3 is 15.4 Å². The Labute approximate surface area is 182 Å². The summed E-state index contributed by atoms with van der Waals surface area (Å²) in [5.41, 5.74) is 6.33. The number of halogens is 1. The van der Waals surface area contributed by atoms with Crippen LogP contribution in [0.3, 0.4) is 0 Å². The van der Waals surface area contributed by atoms with Crippen LogP contribution in [0.2, 0.25) is 5.15 Å². The maximum absolute atomic E-state index is 12.9. The molecular weight excluding hydrogens is 424 g/mol. The molecule has 2 unspecified atom stereocenters. The van der Waals surface area contributed by atoms with Crippen molar-refractivity contribution in [2.24, 2.45) is 5.73 Å². The SMILES string of the molecule is NC(=O)N1C(c2ccncn2)=CC(=O)N2CCCCC(OC(=O)c3cccc(Cl)n3)C21. The number of nitrogens with zero attached hydrogens (tertiary/aromatic N) is 5. The zero-order valence-electron chi connectivity index (χ0n) is 16.3. The number of carbonyl (C=O) groups excluding carboxylic acids is 3. The van der Waals surface area contributed by atoms with Crippen LogP contribution in [0, 0.1) is 0 Å².